The van der Waals surface area contributed by atoms with Crippen LogP contribution in [0, 0.1) is 5.92 Å². The van der Waals surface area contributed by atoms with Crippen LogP contribution in [0.15, 0.2) is 36.4 Å². The van der Waals surface area contributed by atoms with Crippen LogP contribution in [-0.4, -0.2) is 52.8 Å². The van der Waals surface area contributed by atoms with Crippen LogP contribution in [0.5, 0.6) is 5.75 Å². The number of aromatic hydroxyl groups is 1. The fourth-order valence-corrected chi connectivity index (χ4v) is 3.23. The van der Waals surface area contributed by atoms with Gasteiger partial charge in [-0.1, -0.05) is 25.0 Å². The number of rotatable bonds is 5. The summed E-state index contributed by atoms with van der Waals surface area (Å²) in [5.41, 5.74) is 1.32. The minimum atomic E-state index is -1.26. The zero-order valence-corrected chi connectivity index (χ0v) is 14.8. The van der Waals surface area contributed by atoms with Crippen LogP contribution in [0.25, 0.3) is 0 Å². The number of hydrogen-bond donors (Lipinski definition) is 3. The Kier molecular flexibility index (Phi) is 8.70. The predicted molar refractivity (Wildman–Crippen MR) is 95.8 cm³/mol. The molecule has 0 aromatic heterocycles. The summed E-state index contributed by atoms with van der Waals surface area (Å²) in [6.07, 6.45) is 6.38. The quantitative estimate of drug-likeness (QED) is 0.707. The molecule has 1 fully saturated rings. The van der Waals surface area contributed by atoms with Crippen molar-refractivity contribution in [1.29, 1.82) is 0 Å². The zero-order chi connectivity index (χ0) is 18.8. The Balaban J connectivity index is 0.000000333. The van der Waals surface area contributed by atoms with Gasteiger partial charge in [-0.25, -0.2) is 9.59 Å². The maximum atomic E-state index is 9.60. The van der Waals surface area contributed by atoms with Gasteiger partial charge in [0.2, 0.25) is 0 Å². The van der Waals surface area contributed by atoms with Gasteiger partial charge >= 0.3 is 11.9 Å². The van der Waals surface area contributed by atoms with Gasteiger partial charge in [0.15, 0.2) is 0 Å². The second-order valence-electron chi connectivity index (χ2n) is 6.52. The summed E-state index contributed by atoms with van der Waals surface area (Å²) in [6, 6.07) is 7.83. The van der Waals surface area contributed by atoms with E-state index in [4.69, 9.17) is 10.2 Å². The van der Waals surface area contributed by atoms with Crippen LogP contribution in [0.1, 0.15) is 37.2 Å². The van der Waals surface area contributed by atoms with E-state index in [-0.39, 0.29) is 0 Å². The third kappa shape index (κ3) is 8.35. The van der Waals surface area contributed by atoms with Gasteiger partial charge in [-0.05, 0) is 56.5 Å². The van der Waals surface area contributed by atoms with Crippen molar-refractivity contribution < 1.29 is 24.9 Å². The van der Waals surface area contributed by atoms with Gasteiger partial charge in [-0.15, -0.1) is 0 Å². The molecule has 1 aromatic rings. The third-order valence-corrected chi connectivity index (χ3v) is 4.18. The van der Waals surface area contributed by atoms with Gasteiger partial charge in [0, 0.05) is 18.7 Å². The van der Waals surface area contributed by atoms with Crippen molar-refractivity contribution in [3.63, 3.8) is 0 Å². The van der Waals surface area contributed by atoms with E-state index in [1.165, 1.54) is 31.2 Å². The summed E-state index contributed by atoms with van der Waals surface area (Å²) in [5.74, 6) is -0.754. The van der Waals surface area contributed by atoms with Crippen molar-refractivity contribution in [1.82, 2.24) is 4.90 Å². The van der Waals surface area contributed by atoms with Crippen LogP contribution in [0.2, 0.25) is 0 Å². The Morgan fingerprint density at radius 1 is 1.12 bits per heavy atom. The normalized spacial score (nSPS) is 20.1. The van der Waals surface area contributed by atoms with Gasteiger partial charge in [0.05, 0.1) is 0 Å². The first-order chi connectivity index (χ1) is 11.8. The minimum Gasteiger partial charge on any atom is -0.508 e. The average molecular weight is 349 g/mol. The SMILES string of the molecule is CN(C)C[C@@H]1CCCC[C@H]1c1cccc(O)c1.O=C(O)/C=C/C(=O)O. The van der Waals surface area contributed by atoms with Crippen molar-refractivity contribution in [3.8, 4) is 5.75 Å². The van der Waals surface area contributed by atoms with E-state index in [9.17, 15) is 14.7 Å². The van der Waals surface area contributed by atoms with Crippen molar-refractivity contribution in [2.45, 2.75) is 31.6 Å². The first kappa shape index (κ1) is 20.7. The van der Waals surface area contributed by atoms with Crippen molar-refractivity contribution in [3.05, 3.63) is 42.0 Å². The Bertz CT molecular complexity index is 581. The number of benzene rings is 1. The molecule has 1 aromatic carbocycles. The second kappa shape index (κ2) is 10.5. The van der Waals surface area contributed by atoms with Crippen LogP contribution in [0.4, 0.5) is 0 Å². The van der Waals surface area contributed by atoms with Crippen molar-refractivity contribution in [2.75, 3.05) is 20.6 Å². The van der Waals surface area contributed by atoms with Gasteiger partial charge in [0.1, 0.15) is 5.75 Å². The maximum Gasteiger partial charge on any atom is 0.328 e. The lowest BCUT2D eigenvalue weighted by molar-refractivity contribution is -0.134. The standard InChI is InChI=1S/C15H23NO.C4H4O4/c1-16(2)11-13-6-3-4-9-15(13)12-7-5-8-14(17)10-12;5-3(6)1-2-4(7)8/h5,7-8,10,13,15,17H,3-4,6,9,11H2,1-2H3;1-2H,(H,5,6)(H,7,8)/b;2-1+/t13-,15-;/m0./s1. The Morgan fingerprint density at radius 3 is 2.24 bits per heavy atom. The van der Waals surface area contributed by atoms with Crippen molar-refractivity contribution >= 4 is 11.9 Å². The molecule has 0 amide bonds. The van der Waals surface area contributed by atoms with Crippen LogP contribution in [0.3, 0.4) is 0 Å². The molecule has 2 rings (SSSR count). The molecule has 2 atom stereocenters. The molecule has 0 aliphatic heterocycles. The van der Waals surface area contributed by atoms with E-state index in [0.29, 0.717) is 23.8 Å². The number of carboxylic acid groups (broad SMARTS) is 2. The highest BCUT2D eigenvalue weighted by Crippen LogP contribution is 2.38. The number of phenols is 1. The van der Waals surface area contributed by atoms with E-state index < -0.39 is 11.9 Å². The number of hydrogen-bond acceptors (Lipinski definition) is 4. The van der Waals surface area contributed by atoms with Gasteiger partial charge in [-0.2, -0.15) is 0 Å². The Labute approximate surface area is 148 Å². The number of aliphatic carboxylic acids is 2. The van der Waals surface area contributed by atoms with E-state index in [0.717, 1.165) is 12.5 Å². The Hall–Kier alpha value is -2.34. The monoisotopic (exact) mass is 349 g/mol. The molecule has 0 unspecified atom stereocenters. The average Bonchev–Trinajstić information content (AvgIpc) is 2.53. The first-order valence-corrected chi connectivity index (χ1v) is 8.37. The molecule has 0 saturated heterocycles. The lowest BCUT2D eigenvalue weighted by Crippen LogP contribution is -2.28. The van der Waals surface area contributed by atoms with E-state index in [1.54, 1.807) is 6.07 Å². The lowest BCUT2D eigenvalue weighted by atomic mass is 9.75. The predicted octanol–water partition coefficient (Wildman–Crippen LogP) is 2.94. The van der Waals surface area contributed by atoms with Crippen LogP contribution in [-0.2, 0) is 9.59 Å². The fourth-order valence-electron chi connectivity index (χ4n) is 3.23. The van der Waals surface area contributed by atoms with Crippen LogP contribution < -0.4 is 0 Å². The Morgan fingerprint density at radius 2 is 1.72 bits per heavy atom. The lowest BCUT2D eigenvalue weighted by Gasteiger charge is -2.33. The smallest absolute Gasteiger partial charge is 0.328 e. The molecule has 1 saturated carbocycles. The molecule has 0 radical (unpaired) electrons. The number of carbonyl (C=O) groups is 2. The van der Waals surface area contributed by atoms with Crippen molar-refractivity contribution in [2.24, 2.45) is 5.92 Å². The maximum absolute atomic E-state index is 9.60. The molecule has 3 N–H and O–H groups in total. The van der Waals surface area contributed by atoms with E-state index in [1.807, 2.05) is 12.1 Å². The molecule has 0 bridgehead atoms. The molecule has 25 heavy (non-hydrogen) atoms. The molecule has 1 aliphatic rings. The van der Waals surface area contributed by atoms with E-state index in [2.05, 4.69) is 25.1 Å². The zero-order valence-electron chi connectivity index (χ0n) is 14.8. The van der Waals surface area contributed by atoms with Crippen LogP contribution >= 0.6 is 0 Å². The van der Waals surface area contributed by atoms with Gasteiger partial charge in [0.25, 0.3) is 0 Å². The highest BCUT2D eigenvalue weighted by molar-refractivity contribution is 5.89. The first-order valence-electron chi connectivity index (χ1n) is 8.37. The molecular weight excluding hydrogens is 322 g/mol. The molecule has 0 heterocycles. The highest BCUT2D eigenvalue weighted by atomic mass is 16.4. The largest absolute Gasteiger partial charge is 0.508 e. The minimum absolute atomic E-state index is 0.400. The topological polar surface area (TPSA) is 98.1 Å². The third-order valence-electron chi connectivity index (χ3n) is 4.18. The summed E-state index contributed by atoms with van der Waals surface area (Å²) in [7, 11) is 4.29. The molecule has 6 nitrogen and oxygen atoms in total. The molecule has 1 aliphatic carbocycles. The number of nitrogens with zero attached hydrogens (tertiary/aromatic N) is 1. The number of carboxylic acids is 2. The molecule has 138 valence electrons. The summed E-state index contributed by atoms with van der Waals surface area (Å²) in [5, 5.41) is 25.2. The van der Waals surface area contributed by atoms with E-state index >= 15 is 0 Å². The molecule has 6 heteroatoms. The summed E-state index contributed by atoms with van der Waals surface area (Å²) in [6.45, 7) is 1.15. The fraction of sp³-hybridized carbons (Fsp3) is 0.474. The molecular formula is C19H27NO5. The second-order valence-corrected chi connectivity index (χ2v) is 6.52. The summed E-state index contributed by atoms with van der Waals surface area (Å²) >= 11 is 0. The van der Waals surface area contributed by atoms with Gasteiger partial charge in [-0.3, -0.25) is 0 Å². The van der Waals surface area contributed by atoms with Gasteiger partial charge < -0.3 is 20.2 Å². The summed E-state index contributed by atoms with van der Waals surface area (Å²) in [4.78, 5) is 21.4. The highest BCUT2D eigenvalue weighted by Gasteiger charge is 2.26. The number of phenolic OH excluding ortho intramolecular Hbond substituents is 1. The summed E-state index contributed by atoms with van der Waals surface area (Å²) < 4.78 is 0. The molecule has 0 spiro atoms.